The van der Waals surface area contributed by atoms with E-state index in [0.717, 1.165) is 11.1 Å². The maximum atomic E-state index is 12.6. The lowest BCUT2D eigenvalue weighted by Gasteiger charge is -2.21. The van der Waals surface area contributed by atoms with Crippen LogP contribution >= 0.6 is 11.6 Å². The quantitative estimate of drug-likeness (QED) is 0.914. The summed E-state index contributed by atoms with van der Waals surface area (Å²) in [4.78, 5) is 25.8. The molecule has 0 radical (unpaired) electrons. The van der Waals surface area contributed by atoms with E-state index in [-0.39, 0.29) is 11.8 Å². The van der Waals surface area contributed by atoms with E-state index in [9.17, 15) is 9.59 Å². The van der Waals surface area contributed by atoms with Crippen molar-refractivity contribution < 1.29 is 14.3 Å². The molecule has 0 aliphatic carbocycles. The van der Waals surface area contributed by atoms with Crippen LogP contribution in [0.5, 0.6) is 5.75 Å². The Hall–Kier alpha value is -2.53. The molecule has 6 heteroatoms. The lowest BCUT2D eigenvalue weighted by molar-refractivity contribution is -0.137. The molecule has 5 nitrogen and oxygen atoms in total. The molecule has 1 heterocycles. The van der Waals surface area contributed by atoms with Gasteiger partial charge in [-0.3, -0.25) is 9.59 Å². The predicted octanol–water partition coefficient (Wildman–Crippen LogP) is 2.66. The number of carbonyl (C=O) groups excluding carboxylic acids is 2. The van der Waals surface area contributed by atoms with Gasteiger partial charge in [-0.15, -0.1) is 0 Å². The van der Waals surface area contributed by atoms with Crippen LogP contribution in [0.25, 0.3) is 0 Å². The van der Waals surface area contributed by atoms with Gasteiger partial charge in [-0.1, -0.05) is 23.7 Å². The second-order valence-corrected chi connectivity index (χ2v) is 6.47. The fraction of sp³-hybridized carbons (Fsp3) is 0.263. The van der Waals surface area contributed by atoms with Gasteiger partial charge in [0.15, 0.2) is 6.10 Å². The smallest absolute Gasteiger partial charge is 0.264 e. The molecule has 1 aliphatic rings. The number of fused-ring (bicyclic) bond motifs is 1. The van der Waals surface area contributed by atoms with Gasteiger partial charge in [0.1, 0.15) is 5.75 Å². The number of nitrogens with zero attached hydrogens (tertiary/aromatic N) is 1. The molecule has 0 bridgehead atoms. The normalized spacial score (nSPS) is 15.2. The van der Waals surface area contributed by atoms with E-state index < -0.39 is 6.10 Å². The average Bonchev–Trinajstić information content (AvgIpc) is 3.04. The van der Waals surface area contributed by atoms with E-state index >= 15 is 0 Å². The molecule has 1 aliphatic heterocycles. The fourth-order valence-electron chi connectivity index (χ4n) is 2.86. The third kappa shape index (κ3) is 3.77. The van der Waals surface area contributed by atoms with Crippen molar-refractivity contribution in [2.75, 3.05) is 14.1 Å². The molecule has 1 N–H and O–H groups in total. The summed E-state index contributed by atoms with van der Waals surface area (Å²) in [5.41, 5.74) is 2.49. The molecular formula is C19H19ClN2O3. The van der Waals surface area contributed by atoms with Crippen LogP contribution in [0, 0.1) is 0 Å². The van der Waals surface area contributed by atoms with Crippen LogP contribution in [0.15, 0.2) is 42.5 Å². The highest BCUT2D eigenvalue weighted by molar-refractivity contribution is 6.30. The Labute approximate surface area is 151 Å². The van der Waals surface area contributed by atoms with Crippen LogP contribution in [-0.4, -0.2) is 36.9 Å². The van der Waals surface area contributed by atoms with Gasteiger partial charge in [-0.05, 0) is 41.5 Å². The van der Waals surface area contributed by atoms with Gasteiger partial charge in [-0.2, -0.15) is 0 Å². The minimum atomic E-state index is -0.524. The minimum Gasteiger partial charge on any atom is -0.480 e. The first kappa shape index (κ1) is 17.3. The molecule has 1 atom stereocenters. The SMILES string of the molecule is CNC(=O)c1ccc(CN(C)C(=O)[C@H]2Cc3cc(Cl)ccc3O2)cc1. The van der Waals surface area contributed by atoms with Crippen molar-refractivity contribution >= 4 is 23.4 Å². The Bertz CT molecular complexity index is 805. The summed E-state index contributed by atoms with van der Waals surface area (Å²) in [5.74, 6) is 0.501. The summed E-state index contributed by atoms with van der Waals surface area (Å²) in [5, 5.41) is 3.22. The lowest BCUT2D eigenvalue weighted by Crippen LogP contribution is -2.38. The molecule has 0 fully saturated rings. The Kier molecular flexibility index (Phi) is 4.95. The maximum Gasteiger partial charge on any atom is 0.264 e. The molecule has 0 aromatic heterocycles. The van der Waals surface area contributed by atoms with Gasteiger partial charge in [0, 0.05) is 37.6 Å². The Morgan fingerprint density at radius 1 is 1.24 bits per heavy atom. The van der Waals surface area contributed by atoms with Gasteiger partial charge in [0.2, 0.25) is 0 Å². The number of hydrogen-bond donors (Lipinski definition) is 1. The molecule has 2 aromatic carbocycles. The molecule has 2 aromatic rings. The van der Waals surface area contributed by atoms with Gasteiger partial charge in [0.05, 0.1) is 0 Å². The van der Waals surface area contributed by atoms with Gasteiger partial charge in [-0.25, -0.2) is 0 Å². The minimum absolute atomic E-state index is 0.0808. The molecule has 25 heavy (non-hydrogen) atoms. The van der Waals surface area contributed by atoms with Crippen molar-refractivity contribution in [1.29, 1.82) is 0 Å². The molecule has 0 saturated heterocycles. The highest BCUT2D eigenvalue weighted by atomic mass is 35.5. The first-order valence-electron chi connectivity index (χ1n) is 7.99. The summed E-state index contributed by atoms with van der Waals surface area (Å²) in [6, 6.07) is 12.6. The monoisotopic (exact) mass is 358 g/mol. The van der Waals surface area contributed by atoms with Crippen molar-refractivity contribution in [2.45, 2.75) is 19.1 Å². The largest absolute Gasteiger partial charge is 0.480 e. The summed E-state index contributed by atoms with van der Waals surface area (Å²) in [7, 11) is 3.34. The van der Waals surface area contributed by atoms with Crippen LogP contribution in [0.1, 0.15) is 21.5 Å². The molecule has 0 unspecified atom stereocenters. The average molecular weight is 359 g/mol. The van der Waals surface area contributed by atoms with Gasteiger partial charge >= 0.3 is 0 Å². The van der Waals surface area contributed by atoms with Gasteiger partial charge < -0.3 is 15.0 Å². The van der Waals surface area contributed by atoms with Crippen molar-refractivity contribution in [2.24, 2.45) is 0 Å². The molecule has 3 rings (SSSR count). The summed E-state index contributed by atoms with van der Waals surface area (Å²) >= 11 is 5.99. The van der Waals surface area contributed by atoms with Crippen LogP contribution in [0.4, 0.5) is 0 Å². The second kappa shape index (κ2) is 7.15. The molecular weight excluding hydrogens is 340 g/mol. The number of carbonyl (C=O) groups is 2. The molecule has 2 amide bonds. The third-order valence-electron chi connectivity index (χ3n) is 4.21. The van der Waals surface area contributed by atoms with E-state index in [1.165, 1.54) is 0 Å². The zero-order valence-electron chi connectivity index (χ0n) is 14.1. The predicted molar refractivity (Wildman–Crippen MR) is 95.9 cm³/mol. The zero-order valence-corrected chi connectivity index (χ0v) is 14.8. The molecule has 130 valence electrons. The number of halogens is 1. The summed E-state index contributed by atoms with van der Waals surface area (Å²) < 4.78 is 5.74. The van der Waals surface area contributed by atoms with Gasteiger partial charge in [0.25, 0.3) is 11.8 Å². The number of ether oxygens (including phenoxy) is 1. The van der Waals surface area contributed by atoms with Crippen molar-refractivity contribution in [1.82, 2.24) is 10.2 Å². The number of benzene rings is 2. The maximum absolute atomic E-state index is 12.6. The van der Waals surface area contributed by atoms with E-state index in [0.29, 0.717) is 29.3 Å². The first-order chi connectivity index (χ1) is 12.0. The molecule has 0 spiro atoms. The highest BCUT2D eigenvalue weighted by Gasteiger charge is 2.31. The Balaban J connectivity index is 1.63. The number of amides is 2. The number of likely N-dealkylation sites (N-methyl/N-ethyl adjacent to an activating group) is 1. The van der Waals surface area contributed by atoms with Crippen molar-refractivity contribution in [3.63, 3.8) is 0 Å². The van der Waals surface area contributed by atoms with Crippen molar-refractivity contribution in [3.05, 3.63) is 64.2 Å². The van der Waals surface area contributed by atoms with Crippen LogP contribution in [-0.2, 0) is 17.8 Å². The standard InChI is InChI=1S/C19H19ClN2O3/c1-21-18(23)13-5-3-12(4-6-13)11-22(2)19(24)17-10-14-9-15(20)7-8-16(14)25-17/h3-9,17H,10-11H2,1-2H3,(H,21,23)/t17-/m1/s1. The zero-order chi connectivity index (χ0) is 18.0. The Morgan fingerprint density at radius 2 is 1.96 bits per heavy atom. The first-order valence-corrected chi connectivity index (χ1v) is 8.37. The second-order valence-electron chi connectivity index (χ2n) is 6.03. The third-order valence-corrected chi connectivity index (χ3v) is 4.45. The molecule has 0 saturated carbocycles. The van der Waals surface area contributed by atoms with E-state index in [1.54, 1.807) is 43.3 Å². The van der Waals surface area contributed by atoms with E-state index in [4.69, 9.17) is 16.3 Å². The van der Waals surface area contributed by atoms with Crippen LogP contribution < -0.4 is 10.1 Å². The van der Waals surface area contributed by atoms with Crippen molar-refractivity contribution in [3.8, 4) is 5.75 Å². The highest BCUT2D eigenvalue weighted by Crippen LogP contribution is 2.31. The van der Waals surface area contributed by atoms with Crippen LogP contribution in [0.3, 0.4) is 0 Å². The summed E-state index contributed by atoms with van der Waals surface area (Å²) in [6.45, 7) is 0.448. The number of rotatable bonds is 4. The van der Waals surface area contributed by atoms with E-state index in [1.807, 2.05) is 18.2 Å². The van der Waals surface area contributed by atoms with Crippen LogP contribution in [0.2, 0.25) is 5.02 Å². The lowest BCUT2D eigenvalue weighted by atomic mass is 10.1. The Morgan fingerprint density at radius 3 is 2.64 bits per heavy atom. The van der Waals surface area contributed by atoms with E-state index in [2.05, 4.69) is 5.32 Å². The topological polar surface area (TPSA) is 58.6 Å². The summed E-state index contributed by atoms with van der Waals surface area (Å²) in [6.07, 6.45) is -0.00194. The fourth-order valence-corrected chi connectivity index (χ4v) is 3.05. The number of hydrogen-bond acceptors (Lipinski definition) is 3. The number of nitrogens with one attached hydrogen (secondary N) is 1.